The van der Waals surface area contributed by atoms with Crippen LogP contribution in [-0.2, 0) is 0 Å². The molecule has 2 atom stereocenters. The van der Waals surface area contributed by atoms with E-state index in [0.29, 0.717) is 17.8 Å². The van der Waals surface area contributed by atoms with Gasteiger partial charge in [-0.15, -0.1) is 7.92 Å². The molecule has 9 heteroatoms. The first-order valence-electron chi connectivity index (χ1n) is 1.85. The second-order valence-corrected chi connectivity index (χ2v) is 8.11. The molecule has 1 heterocycles. The van der Waals surface area contributed by atoms with Crippen LogP contribution in [0, 0.1) is 0 Å². The van der Waals surface area contributed by atoms with Gasteiger partial charge in [0.25, 0.3) is 0 Å². The van der Waals surface area contributed by atoms with Crippen LogP contribution in [0.5, 0.6) is 0 Å². The zero-order valence-electron chi connectivity index (χ0n) is 3.98. The first-order chi connectivity index (χ1) is 4.22. The van der Waals surface area contributed by atoms with Gasteiger partial charge in [-0.2, -0.15) is 0 Å². The number of hydrogen-bond donors (Lipinski definition) is 1. The van der Waals surface area contributed by atoms with E-state index in [9.17, 15) is 0 Å². The van der Waals surface area contributed by atoms with Gasteiger partial charge in [-0.1, -0.05) is 11.2 Å². The van der Waals surface area contributed by atoms with Gasteiger partial charge in [-0.25, -0.2) is 0 Å². The highest BCUT2D eigenvalue weighted by atomic mass is 35.7. The second kappa shape index (κ2) is 4.16. The zero-order valence-corrected chi connectivity index (χ0v) is 9.14. The lowest BCUT2D eigenvalue weighted by molar-refractivity contribution is 1.04. The lowest BCUT2D eigenvalue weighted by atomic mass is 13.7. The molecule has 1 saturated heterocycles. The van der Waals surface area contributed by atoms with Gasteiger partial charge in [0.05, 0.1) is 0 Å². The fourth-order valence-corrected chi connectivity index (χ4v) is 6.00. The van der Waals surface area contributed by atoms with Gasteiger partial charge >= 0.3 is 0 Å². The van der Waals surface area contributed by atoms with Crippen molar-refractivity contribution in [1.29, 1.82) is 0 Å². The Morgan fingerprint density at radius 3 is 2.00 bits per heavy atom. The van der Waals surface area contributed by atoms with E-state index in [1.165, 1.54) is 7.92 Å². The maximum absolute atomic E-state index is 5.74. The predicted molar refractivity (Wildman–Crippen MR) is 47.9 cm³/mol. The smallest absolute Gasteiger partial charge is 0.179 e. The highest BCUT2D eigenvalue weighted by Gasteiger charge is 2.25. The van der Waals surface area contributed by atoms with E-state index >= 15 is 0 Å². The molecule has 0 saturated carbocycles. The van der Waals surface area contributed by atoms with Crippen LogP contribution in [0.1, 0.15) is 0 Å². The molecule has 0 bridgehead atoms. The van der Waals surface area contributed by atoms with Crippen LogP contribution in [0.2, 0.25) is 0 Å². The Morgan fingerprint density at radius 2 is 1.67 bits per heavy atom. The molecule has 0 aromatic rings. The number of halogens is 3. The number of rotatable bonds is 0. The summed E-state index contributed by atoms with van der Waals surface area (Å²) in [6.45, 7) is 0. The normalized spacial score (nSPS) is 38.3. The molecule has 2 unspecified atom stereocenters. The zero-order chi connectivity index (χ0) is 6.85. The number of nitrogens with one attached hydrogen (secondary N) is 1. The van der Waals surface area contributed by atoms with Crippen molar-refractivity contribution in [2.75, 3.05) is 0 Å². The summed E-state index contributed by atoms with van der Waals surface area (Å²) in [5.74, 6) is 0. The molecule has 0 radical (unpaired) electrons. The molecular weight excluding hydrogens is 241 g/mol. The average Bonchev–Trinajstić information content (AvgIpc) is 1.83. The van der Waals surface area contributed by atoms with Gasteiger partial charge < -0.3 is 0 Å². The molecule has 3 nitrogen and oxygen atoms in total. The third-order valence-electron chi connectivity index (χ3n) is 0.586. The Bertz CT molecular complexity index is 90.3. The Balaban J connectivity index is 2.41. The minimum Gasteiger partial charge on any atom is -0.251 e. The van der Waals surface area contributed by atoms with Crippen molar-refractivity contribution < 1.29 is 0 Å². The van der Waals surface area contributed by atoms with Crippen molar-refractivity contribution in [3.8, 4) is 0 Å². The van der Waals surface area contributed by atoms with Gasteiger partial charge in [0, 0.05) is 17.8 Å². The fourth-order valence-electron chi connectivity index (χ4n) is 0.269. The molecule has 0 aromatic carbocycles. The quantitative estimate of drug-likeness (QED) is 0.522. The van der Waals surface area contributed by atoms with Crippen molar-refractivity contribution in [2.45, 2.75) is 0 Å². The molecule has 0 aliphatic carbocycles. The summed E-state index contributed by atoms with van der Waals surface area (Å²) in [5.41, 5.74) is 0. The minimum atomic E-state index is -0.982. The van der Waals surface area contributed by atoms with Crippen LogP contribution in [0.3, 0.4) is 0 Å². The largest absolute Gasteiger partial charge is 0.251 e. The summed E-state index contributed by atoms with van der Waals surface area (Å²) in [4.78, 5) is 2.99. The lowest BCUT2D eigenvalue weighted by Gasteiger charge is -2.29. The Hall–Kier alpha value is 2.04. The van der Waals surface area contributed by atoms with Crippen LogP contribution in [0.15, 0.2) is 0 Å². The third-order valence-corrected chi connectivity index (χ3v) is 7.66. The van der Waals surface area contributed by atoms with Crippen LogP contribution in [-0.4, -0.2) is 7.92 Å². The molecule has 9 heavy (non-hydrogen) atoms. The number of nitrogens with zero attached hydrogens (tertiary/aromatic N) is 2. The van der Waals surface area contributed by atoms with E-state index in [2.05, 4.69) is 4.86 Å². The van der Waals surface area contributed by atoms with Crippen molar-refractivity contribution in [3.63, 3.8) is 0 Å². The van der Waals surface area contributed by atoms with Crippen LogP contribution in [0.25, 0.3) is 0 Å². The van der Waals surface area contributed by atoms with Gasteiger partial charge in [-0.3, -0.25) is 4.86 Å². The summed E-state index contributed by atoms with van der Waals surface area (Å²) in [6.07, 6.45) is 0. The topological polar surface area (TPSA) is 18.5 Å². The van der Waals surface area contributed by atoms with Gasteiger partial charge in [0.2, 0.25) is 0 Å². The molecular formula is H3Cl3N3P3. The second-order valence-electron chi connectivity index (χ2n) is 1.11. The highest BCUT2D eigenvalue weighted by molar-refractivity contribution is 7.91. The molecule has 1 fully saturated rings. The maximum Gasteiger partial charge on any atom is 0.179 e. The Morgan fingerprint density at radius 1 is 1.22 bits per heavy atom. The summed E-state index contributed by atoms with van der Waals surface area (Å²) < 4.78 is 2.95. The summed E-state index contributed by atoms with van der Waals surface area (Å²) in [7, 11) is -0.235. The van der Waals surface area contributed by atoms with Crippen molar-refractivity contribution in [2.24, 2.45) is 0 Å². The summed E-state index contributed by atoms with van der Waals surface area (Å²) in [5, 5.41) is 0. The van der Waals surface area contributed by atoms with E-state index in [0.717, 1.165) is 0 Å². The highest BCUT2D eigenvalue weighted by Crippen LogP contribution is 2.64. The van der Waals surface area contributed by atoms with E-state index in [1.54, 1.807) is 0 Å². The first kappa shape index (κ1) is 9.13. The lowest BCUT2D eigenvalue weighted by Crippen LogP contribution is -2.10. The van der Waals surface area contributed by atoms with Crippen LogP contribution in [0.4, 0.5) is 0 Å². The molecule has 1 N–H and O–H groups in total. The fraction of sp³-hybridized carbons (Fsp3) is 0. The monoisotopic (exact) mass is 243 g/mol. The van der Waals surface area contributed by atoms with Crippen molar-refractivity contribution >= 4 is 60.1 Å². The van der Waals surface area contributed by atoms with Crippen molar-refractivity contribution in [1.82, 2.24) is 12.8 Å². The van der Waals surface area contributed by atoms with Gasteiger partial charge in [0.1, 0.15) is 0 Å². The van der Waals surface area contributed by atoms with E-state index < -0.39 is 7.58 Å². The van der Waals surface area contributed by atoms with Gasteiger partial charge in [0.15, 0.2) is 7.58 Å². The molecule has 54 valence electrons. The number of hydrogen-bond acceptors (Lipinski definition) is 3. The molecule has 0 aromatic heterocycles. The Kier molecular flexibility index (Phi) is 4.22. The van der Waals surface area contributed by atoms with Crippen LogP contribution < -0.4 is 4.86 Å². The minimum absolute atomic E-state index is 0.374. The van der Waals surface area contributed by atoms with Crippen LogP contribution >= 0.6 is 60.1 Å². The van der Waals surface area contributed by atoms with E-state index in [4.69, 9.17) is 34.8 Å². The van der Waals surface area contributed by atoms with Gasteiger partial charge in [-0.05, 0) is 23.6 Å². The van der Waals surface area contributed by atoms with E-state index in [1.807, 2.05) is 0 Å². The molecule has 0 spiro atoms. The predicted octanol–water partition coefficient (Wildman–Crippen LogP) is 2.98. The average molecular weight is 244 g/mol. The molecule has 1 aliphatic rings. The molecule has 1 aliphatic heterocycles. The standard InChI is InChI=1S/Cl3H3N3P3/c1-5-7-4-8-6(2)9(5)3/h4,7-8H. The maximum atomic E-state index is 5.74. The summed E-state index contributed by atoms with van der Waals surface area (Å²) >= 11 is 17.0. The van der Waals surface area contributed by atoms with E-state index in [-0.39, 0.29) is 0 Å². The van der Waals surface area contributed by atoms with Crippen molar-refractivity contribution in [3.05, 3.63) is 0 Å². The molecule has 0 amide bonds. The SMILES string of the molecule is ClN1PNPN(Cl)P1Cl. The third kappa shape index (κ3) is 2.52. The molecule has 1 rings (SSSR count). The summed E-state index contributed by atoms with van der Waals surface area (Å²) in [6, 6.07) is 0. The Labute approximate surface area is 73.0 Å². The first-order valence-corrected chi connectivity index (χ1v) is 6.58.